The standard InChI is InChI=1S/C13H13Cl2NO3/c1-7(17)16(9-3-4-9)12(13(18)19)10-6-8(14)2-5-11(10)15/h2,5-6,9,12H,3-4H2,1H3,(H,18,19). The molecule has 1 aromatic rings. The first-order valence-corrected chi connectivity index (χ1v) is 6.64. The molecule has 0 bridgehead atoms. The highest BCUT2D eigenvalue weighted by molar-refractivity contribution is 6.33. The van der Waals surface area contributed by atoms with Gasteiger partial charge in [0.2, 0.25) is 5.91 Å². The van der Waals surface area contributed by atoms with Gasteiger partial charge in [0, 0.05) is 28.6 Å². The Morgan fingerprint density at radius 2 is 2.00 bits per heavy atom. The second kappa shape index (κ2) is 5.39. The summed E-state index contributed by atoms with van der Waals surface area (Å²) in [5, 5.41) is 10.1. The molecule has 1 aliphatic rings. The van der Waals surface area contributed by atoms with Crippen molar-refractivity contribution < 1.29 is 14.7 Å². The number of rotatable bonds is 4. The molecule has 4 nitrogen and oxygen atoms in total. The molecule has 0 saturated heterocycles. The average molecular weight is 302 g/mol. The van der Waals surface area contributed by atoms with Crippen LogP contribution in [0.3, 0.4) is 0 Å². The van der Waals surface area contributed by atoms with E-state index in [2.05, 4.69) is 0 Å². The summed E-state index contributed by atoms with van der Waals surface area (Å²) in [4.78, 5) is 24.6. The molecule has 1 fully saturated rings. The number of hydrogen-bond acceptors (Lipinski definition) is 2. The van der Waals surface area contributed by atoms with Crippen LogP contribution >= 0.6 is 23.2 Å². The minimum Gasteiger partial charge on any atom is -0.479 e. The number of nitrogens with zero attached hydrogens (tertiary/aromatic N) is 1. The molecule has 0 aliphatic heterocycles. The molecule has 1 aliphatic carbocycles. The fraction of sp³-hybridized carbons (Fsp3) is 0.385. The Hall–Kier alpha value is -1.26. The number of amides is 1. The van der Waals surface area contributed by atoms with Crippen molar-refractivity contribution in [1.82, 2.24) is 4.90 Å². The third-order valence-corrected chi connectivity index (χ3v) is 3.65. The lowest BCUT2D eigenvalue weighted by Gasteiger charge is -2.29. The van der Waals surface area contributed by atoms with Crippen molar-refractivity contribution in [2.45, 2.75) is 31.8 Å². The van der Waals surface area contributed by atoms with Crippen LogP contribution in [0.2, 0.25) is 10.0 Å². The molecule has 1 aromatic carbocycles. The van der Waals surface area contributed by atoms with Crippen LogP contribution in [0.1, 0.15) is 31.4 Å². The van der Waals surface area contributed by atoms with Crippen LogP contribution in [0.4, 0.5) is 0 Å². The van der Waals surface area contributed by atoms with Crippen molar-refractivity contribution in [3.8, 4) is 0 Å². The molecule has 1 amide bonds. The van der Waals surface area contributed by atoms with Gasteiger partial charge in [0.05, 0.1) is 0 Å². The lowest BCUT2D eigenvalue weighted by atomic mass is 10.0. The Labute approximate surface area is 120 Å². The largest absolute Gasteiger partial charge is 0.479 e. The molecule has 102 valence electrons. The number of carbonyl (C=O) groups excluding carboxylic acids is 1. The Balaban J connectivity index is 2.47. The van der Waals surface area contributed by atoms with E-state index >= 15 is 0 Å². The fourth-order valence-electron chi connectivity index (χ4n) is 2.13. The Kier molecular flexibility index (Phi) is 4.02. The quantitative estimate of drug-likeness (QED) is 0.929. The summed E-state index contributed by atoms with van der Waals surface area (Å²) in [6.45, 7) is 1.37. The first-order valence-electron chi connectivity index (χ1n) is 5.88. The van der Waals surface area contributed by atoms with E-state index in [4.69, 9.17) is 23.2 Å². The summed E-state index contributed by atoms with van der Waals surface area (Å²) in [7, 11) is 0. The zero-order chi connectivity index (χ0) is 14.2. The molecule has 1 atom stereocenters. The zero-order valence-corrected chi connectivity index (χ0v) is 11.8. The van der Waals surface area contributed by atoms with Crippen molar-refractivity contribution in [3.63, 3.8) is 0 Å². The molecule has 6 heteroatoms. The van der Waals surface area contributed by atoms with Crippen LogP contribution in [-0.2, 0) is 9.59 Å². The van der Waals surface area contributed by atoms with E-state index in [1.165, 1.54) is 17.9 Å². The minimum atomic E-state index is -1.11. The highest BCUT2D eigenvalue weighted by atomic mass is 35.5. The molecule has 2 rings (SSSR count). The maximum absolute atomic E-state index is 11.7. The summed E-state index contributed by atoms with van der Waals surface area (Å²) in [6.07, 6.45) is 1.64. The van der Waals surface area contributed by atoms with Crippen LogP contribution < -0.4 is 0 Å². The van der Waals surface area contributed by atoms with Crippen molar-refractivity contribution >= 4 is 35.1 Å². The van der Waals surface area contributed by atoms with E-state index in [-0.39, 0.29) is 11.9 Å². The van der Waals surface area contributed by atoms with Gasteiger partial charge in [0.25, 0.3) is 0 Å². The summed E-state index contributed by atoms with van der Waals surface area (Å²) in [5.74, 6) is -1.38. The maximum Gasteiger partial charge on any atom is 0.331 e. The Morgan fingerprint density at radius 3 is 2.47 bits per heavy atom. The van der Waals surface area contributed by atoms with Gasteiger partial charge in [-0.25, -0.2) is 4.79 Å². The lowest BCUT2D eigenvalue weighted by Crippen LogP contribution is -2.39. The van der Waals surface area contributed by atoms with Gasteiger partial charge in [-0.1, -0.05) is 23.2 Å². The molecule has 1 saturated carbocycles. The third kappa shape index (κ3) is 3.01. The highest BCUT2D eigenvalue weighted by Gasteiger charge is 2.40. The van der Waals surface area contributed by atoms with Crippen LogP contribution in [0, 0.1) is 0 Å². The van der Waals surface area contributed by atoms with E-state index in [0.29, 0.717) is 15.6 Å². The Bertz CT molecular complexity index is 529. The normalized spacial score (nSPS) is 15.9. The first kappa shape index (κ1) is 14.2. The van der Waals surface area contributed by atoms with E-state index in [1.54, 1.807) is 12.1 Å². The van der Waals surface area contributed by atoms with Gasteiger partial charge in [0.1, 0.15) is 0 Å². The summed E-state index contributed by atoms with van der Waals surface area (Å²) in [6, 6.07) is 3.52. The number of halogens is 2. The van der Waals surface area contributed by atoms with Gasteiger partial charge in [-0.3, -0.25) is 4.79 Å². The van der Waals surface area contributed by atoms with Gasteiger partial charge in [-0.05, 0) is 31.0 Å². The van der Waals surface area contributed by atoms with E-state index < -0.39 is 12.0 Å². The van der Waals surface area contributed by atoms with E-state index in [1.807, 2.05) is 0 Å². The van der Waals surface area contributed by atoms with Gasteiger partial charge >= 0.3 is 5.97 Å². The van der Waals surface area contributed by atoms with Crippen LogP contribution in [0.25, 0.3) is 0 Å². The maximum atomic E-state index is 11.7. The lowest BCUT2D eigenvalue weighted by molar-refractivity contribution is -0.150. The van der Waals surface area contributed by atoms with Crippen LogP contribution in [-0.4, -0.2) is 27.9 Å². The molecule has 19 heavy (non-hydrogen) atoms. The molecule has 1 N–H and O–H groups in total. The molecular weight excluding hydrogens is 289 g/mol. The SMILES string of the molecule is CC(=O)N(C1CC1)C(C(=O)O)c1cc(Cl)ccc1Cl. The minimum absolute atomic E-state index is 0.0198. The number of carboxylic acid groups (broad SMARTS) is 1. The summed E-state index contributed by atoms with van der Waals surface area (Å²) < 4.78 is 0. The van der Waals surface area contributed by atoms with Gasteiger partial charge in [-0.2, -0.15) is 0 Å². The molecule has 0 heterocycles. The van der Waals surface area contributed by atoms with E-state index in [0.717, 1.165) is 12.8 Å². The summed E-state index contributed by atoms with van der Waals surface area (Å²) in [5.41, 5.74) is 0.351. The van der Waals surface area contributed by atoms with Gasteiger partial charge < -0.3 is 10.0 Å². The monoisotopic (exact) mass is 301 g/mol. The molecule has 0 radical (unpaired) electrons. The number of aliphatic carboxylic acids is 1. The number of hydrogen-bond donors (Lipinski definition) is 1. The Morgan fingerprint density at radius 1 is 1.37 bits per heavy atom. The number of benzene rings is 1. The smallest absolute Gasteiger partial charge is 0.331 e. The molecule has 1 unspecified atom stereocenters. The zero-order valence-electron chi connectivity index (χ0n) is 10.3. The van der Waals surface area contributed by atoms with Gasteiger partial charge in [-0.15, -0.1) is 0 Å². The second-order valence-corrected chi connectivity index (χ2v) is 5.41. The third-order valence-electron chi connectivity index (χ3n) is 3.07. The first-order chi connectivity index (χ1) is 8.91. The van der Waals surface area contributed by atoms with Crippen molar-refractivity contribution in [1.29, 1.82) is 0 Å². The average Bonchev–Trinajstić information content (AvgIpc) is 3.12. The second-order valence-electron chi connectivity index (χ2n) is 4.56. The fourth-order valence-corrected chi connectivity index (χ4v) is 2.53. The molecule has 0 spiro atoms. The van der Waals surface area contributed by atoms with Crippen LogP contribution in [0.15, 0.2) is 18.2 Å². The van der Waals surface area contributed by atoms with Gasteiger partial charge in [0.15, 0.2) is 6.04 Å². The topological polar surface area (TPSA) is 57.6 Å². The number of carboxylic acids is 1. The van der Waals surface area contributed by atoms with Crippen molar-refractivity contribution in [2.75, 3.05) is 0 Å². The number of carbonyl (C=O) groups is 2. The molecule has 0 aromatic heterocycles. The van der Waals surface area contributed by atoms with Crippen LogP contribution in [0.5, 0.6) is 0 Å². The predicted molar refractivity (Wildman–Crippen MR) is 72.4 cm³/mol. The summed E-state index contributed by atoms with van der Waals surface area (Å²) >= 11 is 11.9. The molecular formula is C13H13Cl2NO3. The predicted octanol–water partition coefficient (Wildman–Crippen LogP) is 3.13. The van der Waals surface area contributed by atoms with Crippen molar-refractivity contribution in [2.24, 2.45) is 0 Å². The van der Waals surface area contributed by atoms with Crippen molar-refractivity contribution in [3.05, 3.63) is 33.8 Å². The highest BCUT2D eigenvalue weighted by Crippen LogP contribution is 2.37. The van der Waals surface area contributed by atoms with E-state index in [9.17, 15) is 14.7 Å².